The summed E-state index contributed by atoms with van der Waals surface area (Å²) in [6.07, 6.45) is 4.41. The Hall–Kier alpha value is -0.0500. The first-order chi connectivity index (χ1) is 5.60. The number of amides is 1. The third kappa shape index (κ3) is 1.39. The zero-order valence-electron chi connectivity index (χ0n) is 7.32. The minimum Gasteiger partial charge on any atom is -0.349 e. The van der Waals surface area contributed by atoms with E-state index in [0.717, 1.165) is 31.0 Å². The van der Waals surface area contributed by atoms with Crippen molar-refractivity contribution in [2.24, 2.45) is 5.41 Å². The van der Waals surface area contributed by atoms with Crippen LogP contribution in [0.4, 0.5) is 0 Å². The van der Waals surface area contributed by atoms with E-state index in [1.165, 1.54) is 0 Å². The van der Waals surface area contributed by atoms with Crippen molar-refractivity contribution in [1.82, 2.24) is 5.32 Å². The minimum absolute atomic E-state index is 0.0161. The Morgan fingerprint density at radius 1 is 1.42 bits per heavy atom. The number of hydrogen-bond donors (Lipinski definition) is 1. The molecule has 0 aromatic rings. The van der Waals surface area contributed by atoms with E-state index in [9.17, 15) is 4.79 Å². The number of rotatable bonds is 3. The fourth-order valence-corrected chi connectivity index (χ4v) is 1.95. The minimum atomic E-state index is -0.0161. The molecule has 0 aromatic heterocycles. The molecule has 0 radical (unpaired) electrons. The molecule has 2 aliphatic rings. The third-order valence-corrected chi connectivity index (χ3v) is 4.11. The van der Waals surface area contributed by atoms with Gasteiger partial charge in [-0.25, -0.2) is 0 Å². The molecule has 1 N–H and O–H groups in total. The highest BCUT2D eigenvalue weighted by molar-refractivity contribution is 9.09. The summed E-state index contributed by atoms with van der Waals surface area (Å²) in [4.78, 5) is 11.6. The molecule has 2 aliphatic carbocycles. The average molecular weight is 232 g/mol. The third-order valence-electron chi connectivity index (χ3n) is 3.04. The lowest BCUT2D eigenvalue weighted by Crippen LogP contribution is -2.41. The van der Waals surface area contributed by atoms with Gasteiger partial charge in [0.25, 0.3) is 0 Å². The Labute approximate surface area is 81.2 Å². The van der Waals surface area contributed by atoms with Gasteiger partial charge in [0.2, 0.25) is 5.91 Å². The molecule has 0 aliphatic heterocycles. The molecule has 68 valence electrons. The maximum atomic E-state index is 11.6. The maximum Gasteiger partial charge on any atom is 0.226 e. The van der Waals surface area contributed by atoms with Crippen LogP contribution in [0.1, 0.15) is 32.6 Å². The molecule has 0 saturated heterocycles. The zero-order chi connectivity index (χ0) is 8.82. The van der Waals surface area contributed by atoms with E-state index in [0.29, 0.717) is 0 Å². The van der Waals surface area contributed by atoms with Gasteiger partial charge in [0.1, 0.15) is 0 Å². The molecule has 3 heteroatoms. The number of halogens is 1. The number of alkyl halides is 1. The van der Waals surface area contributed by atoms with Crippen LogP contribution in [0, 0.1) is 5.41 Å². The Bertz CT molecular complexity index is 219. The number of hydrogen-bond acceptors (Lipinski definition) is 1. The summed E-state index contributed by atoms with van der Waals surface area (Å²) in [5.41, 5.74) is 0.112. The van der Waals surface area contributed by atoms with E-state index in [2.05, 4.69) is 21.2 Å². The standard InChI is InChI=1S/C9H14BrNO/c1-8(2-3-8)7(12)11-9(6-10)4-5-9/h2-6H2,1H3,(H,11,12). The zero-order valence-corrected chi connectivity index (χ0v) is 8.91. The van der Waals surface area contributed by atoms with Gasteiger partial charge in [-0.05, 0) is 25.7 Å². The topological polar surface area (TPSA) is 29.1 Å². The largest absolute Gasteiger partial charge is 0.349 e. The van der Waals surface area contributed by atoms with Crippen LogP contribution in [0.5, 0.6) is 0 Å². The van der Waals surface area contributed by atoms with Crippen molar-refractivity contribution in [3.05, 3.63) is 0 Å². The quantitative estimate of drug-likeness (QED) is 0.739. The number of nitrogens with one attached hydrogen (secondary N) is 1. The summed E-state index contributed by atoms with van der Waals surface area (Å²) in [7, 11) is 0. The molecule has 0 heterocycles. The van der Waals surface area contributed by atoms with Crippen molar-refractivity contribution in [2.75, 3.05) is 5.33 Å². The van der Waals surface area contributed by atoms with Crippen molar-refractivity contribution in [2.45, 2.75) is 38.1 Å². The van der Waals surface area contributed by atoms with Crippen LogP contribution in [-0.2, 0) is 4.79 Å². The fourth-order valence-electron chi connectivity index (χ4n) is 1.25. The molecular formula is C9H14BrNO. The van der Waals surface area contributed by atoms with E-state index in [4.69, 9.17) is 0 Å². The summed E-state index contributed by atoms with van der Waals surface area (Å²) in [6.45, 7) is 2.05. The van der Waals surface area contributed by atoms with Gasteiger partial charge in [-0.1, -0.05) is 22.9 Å². The van der Waals surface area contributed by atoms with Gasteiger partial charge in [-0.3, -0.25) is 4.79 Å². The average Bonchev–Trinajstić information content (AvgIpc) is 2.90. The molecule has 0 unspecified atom stereocenters. The Kier molecular flexibility index (Phi) is 1.76. The molecular weight excluding hydrogens is 218 g/mol. The molecule has 2 fully saturated rings. The van der Waals surface area contributed by atoms with Crippen molar-refractivity contribution in [1.29, 1.82) is 0 Å². The lowest BCUT2D eigenvalue weighted by Gasteiger charge is -2.17. The summed E-state index contributed by atoms with van der Waals surface area (Å²) >= 11 is 3.43. The van der Waals surface area contributed by atoms with E-state index in [-0.39, 0.29) is 16.9 Å². The highest BCUT2D eigenvalue weighted by atomic mass is 79.9. The van der Waals surface area contributed by atoms with Crippen LogP contribution < -0.4 is 5.32 Å². The highest BCUT2D eigenvalue weighted by Gasteiger charge is 2.50. The second-order valence-corrected chi connectivity index (χ2v) is 4.99. The van der Waals surface area contributed by atoms with E-state index >= 15 is 0 Å². The Balaban J connectivity index is 1.91. The summed E-state index contributed by atoms with van der Waals surface area (Å²) in [6, 6.07) is 0. The molecule has 0 atom stereocenters. The highest BCUT2D eigenvalue weighted by Crippen LogP contribution is 2.47. The molecule has 12 heavy (non-hydrogen) atoms. The molecule has 0 bridgehead atoms. The SMILES string of the molecule is CC1(C(=O)NC2(CBr)CC2)CC1. The van der Waals surface area contributed by atoms with Crippen molar-refractivity contribution in [3.8, 4) is 0 Å². The monoisotopic (exact) mass is 231 g/mol. The van der Waals surface area contributed by atoms with Gasteiger partial charge in [0.15, 0.2) is 0 Å². The number of carbonyl (C=O) groups is 1. The van der Waals surface area contributed by atoms with Crippen LogP contribution in [0.15, 0.2) is 0 Å². The molecule has 0 aromatic carbocycles. The number of carbonyl (C=O) groups excluding carboxylic acids is 1. The summed E-state index contributed by atoms with van der Waals surface area (Å²) in [5.74, 6) is 0.263. The Morgan fingerprint density at radius 2 is 2.00 bits per heavy atom. The Morgan fingerprint density at radius 3 is 2.33 bits per heavy atom. The van der Waals surface area contributed by atoms with E-state index in [1.807, 2.05) is 6.92 Å². The van der Waals surface area contributed by atoms with Gasteiger partial charge in [-0.2, -0.15) is 0 Å². The van der Waals surface area contributed by atoms with Crippen LogP contribution in [0.3, 0.4) is 0 Å². The first-order valence-electron chi connectivity index (χ1n) is 4.49. The van der Waals surface area contributed by atoms with Gasteiger partial charge < -0.3 is 5.32 Å². The van der Waals surface area contributed by atoms with Gasteiger partial charge >= 0.3 is 0 Å². The predicted molar refractivity (Wildman–Crippen MR) is 51.2 cm³/mol. The molecule has 0 spiro atoms. The first kappa shape index (κ1) is 8.54. The molecule has 2 saturated carbocycles. The van der Waals surface area contributed by atoms with Gasteiger partial charge in [0.05, 0.1) is 0 Å². The summed E-state index contributed by atoms with van der Waals surface area (Å²) in [5, 5.41) is 4.04. The smallest absolute Gasteiger partial charge is 0.226 e. The molecule has 2 rings (SSSR count). The lowest BCUT2D eigenvalue weighted by atomic mass is 10.1. The molecule has 2 nitrogen and oxygen atoms in total. The van der Waals surface area contributed by atoms with E-state index in [1.54, 1.807) is 0 Å². The maximum absolute atomic E-state index is 11.6. The second-order valence-electron chi connectivity index (χ2n) is 4.43. The van der Waals surface area contributed by atoms with Crippen LogP contribution in [-0.4, -0.2) is 16.8 Å². The first-order valence-corrected chi connectivity index (χ1v) is 5.61. The van der Waals surface area contributed by atoms with Crippen molar-refractivity contribution >= 4 is 21.8 Å². The van der Waals surface area contributed by atoms with Crippen molar-refractivity contribution < 1.29 is 4.79 Å². The molecule has 1 amide bonds. The van der Waals surface area contributed by atoms with Gasteiger partial charge in [0, 0.05) is 16.3 Å². The summed E-state index contributed by atoms with van der Waals surface area (Å²) < 4.78 is 0. The van der Waals surface area contributed by atoms with Crippen molar-refractivity contribution in [3.63, 3.8) is 0 Å². The van der Waals surface area contributed by atoms with Crippen LogP contribution in [0.25, 0.3) is 0 Å². The van der Waals surface area contributed by atoms with Gasteiger partial charge in [-0.15, -0.1) is 0 Å². The fraction of sp³-hybridized carbons (Fsp3) is 0.889. The normalized spacial score (nSPS) is 27.8. The predicted octanol–water partition coefficient (Wildman–Crippen LogP) is 1.83. The lowest BCUT2D eigenvalue weighted by molar-refractivity contribution is -0.126. The van der Waals surface area contributed by atoms with Crippen LogP contribution in [0.2, 0.25) is 0 Å². The van der Waals surface area contributed by atoms with E-state index < -0.39 is 0 Å². The van der Waals surface area contributed by atoms with Crippen LogP contribution >= 0.6 is 15.9 Å². The second kappa shape index (κ2) is 2.47.